The molecule has 0 bridgehead atoms. The van der Waals surface area contributed by atoms with E-state index in [1.54, 1.807) is 0 Å². The molecule has 12 atom stereocenters. The van der Waals surface area contributed by atoms with Crippen molar-refractivity contribution in [1.29, 1.82) is 0 Å². The van der Waals surface area contributed by atoms with Crippen molar-refractivity contribution < 1.29 is 20.4 Å². The maximum atomic E-state index is 10.3. The molecule has 8 nitrogen and oxygen atoms in total. The van der Waals surface area contributed by atoms with Gasteiger partial charge in [-0.3, -0.25) is 10.2 Å². The summed E-state index contributed by atoms with van der Waals surface area (Å²) >= 11 is 0. The molecule has 2 aromatic rings. The summed E-state index contributed by atoms with van der Waals surface area (Å²) in [6, 6.07) is 0. The van der Waals surface area contributed by atoms with E-state index in [1.807, 2.05) is 12.4 Å². The van der Waals surface area contributed by atoms with Crippen molar-refractivity contribution >= 4 is 0 Å². The van der Waals surface area contributed by atoms with Crippen molar-refractivity contribution in [2.24, 2.45) is 69.0 Å². The standard InChI is InChI=1S/C20H32N2O2.C20H30N2O2/c2*1-19-6-3-4-16(19)15(12-24)17(5-7-19)20(2)9-13-10-21-22-18(13)8-14(20)11-23/h10,14-17,23-24H,3-9,11-12H2,1-2H3,(H,21,22);3,6,10,14-17,23-24H,4-5,7-9,11-12H2,1-2H3,(H,21,22)/t2*14-,15+,16+,17+,19+,20+/m11/s1. The molecule has 2 aromatic heterocycles. The van der Waals surface area contributed by atoms with Gasteiger partial charge in [0.15, 0.2) is 0 Å². The normalized spacial score (nSPS) is 44.7. The second-order valence-corrected chi connectivity index (χ2v) is 18.2. The quantitative estimate of drug-likeness (QED) is 0.221. The van der Waals surface area contributed by atoms with E-state index < -0.39 is 0 Å². The summed E-state index contributed by atoms with van der Waals surface area (Å²) in [5, 5.41) is 55.5. The highest BCUT2D eigenvalue weighted by Crippen LogP contribution is 2.62. The van der Waals surface area contributed by atoms with Crippen LogP contribution in [0, 0.1) is 69.0 Å². The first kappa shape index (κ1) is 34.4. The number of aliphatic hydroxyl groups excluding tert-OH is 4. The van der Waals surface area contributed by atoms with Crippen LogP contribution in [0.15, 0.2) is 24.5 Å². The van der Waals surface area contributed by atoms with Crippen LogP contribution in [0.1, 0.15) is 102 Å². The Labute approximate surface area is 287 Å². The molecule has 0 aliphatic heterocycles. The van der Waals surface area contributed by atoms with E-state index in [0.29, 0.717) is 47.5 Å². The van der Waals surface area contributed by atoms with Gasteiger partial charge >= 0.3 is 0 Å². The van der Waals surface area contributed by atoms with Gasteiger partial charge in [0.25, 0.3) is 0 Å². The van der Waals surface area contributed by atoms with Crippen LogP contribution in [-0.4, -0.2) is 67.2 Å². The van der Waals surface area contributed by atoms with Crippen LogP contribution in [0.2, 0.25) is 0 Å². The van der Waals surface area contributed by atoms with Gasteiger partial charge in [0, 0.05) is 37.8 Å². The minimum atomic E-state index is 0.0307. The zero-order valence-electron chi connectivity index (χ0n) is 29.9. The van der Waals surface area contributed by atoms with Crippen LogP contribution in [0.5, 0.6) is 0 Å². The van der Waals surface area contributed by atoms with Crippen molar-refractivity contribution in [2.45, 2.75) is 105 Å². The lowest BCUT2D eigenvalue weighted by Gasteiger charge is -2.55. The van der Waals surface area contributed by atoms with E-state index in [-0.39, 0.29) is 47.9 Å². The Morgan fingerprint density at radius 1 is 0.667 bits per heavy atom. The number of nitrogens with one attached hydrogen (secondary N) is 2. The summed E-state index contributed by atoms with van der Waals surface area (Å²) in [7, 11) is 0. The number of aromatic nitrogens is 4. The molecule has 266 valence electrons. The van der Waals surface area contributed by atoms with Crippen molar-refractivity contribution in [2.75, 3.05) is 26.4 Å². The van der Waals surface area contributed by atoms with E-state index in [4.69, 9.17) is 0 Å². The van der Waals surface area contributed by atoms with Crippen LogP contribution in [0.25, 0.3) is 0 Å². The van der Waals surface area contributed by atoms with Crippen molar-refractivity contribution in [1.82, 2.24) is 20.4 Å². The maximum absolute atomic E-state index is 10.3. The molecule has 8 rings (SSSR count). The molecule has 6 aliphatic carbocycles. The fourth-order valence-electron chi connectivity index (χ4n) is 13.0. The lowest BCUT2D eigenvalue weighted by molar-refractivity contribution is -0.0802. The van der Waals surface area contributed by atoms with Gasteiger partial charge in [-0.2, -0.15) is 10.2 Å². The summed E-state index contributed by atoms with van der Waals surface area (Å²) < 4.78 is 0. The SMILES string of the molecule is C[C@@]12CCC[C@H]1[C@H](CO)[C@@H]([C@@]1(C)Cc3cn[nH]c3C[C@@H]1CO)CC2.C[C@]1([C@H]2CC[C@]3(C)C=CC[C@H]3[C@@H]2CO)Cc2cn[nH]c2C[C@@H]1CO. The number of hydrogen-bond acceptors (Lipinski definition) is 6. The van der Waals surface area contributed by atoms with Gasteiger partial charge in [-0.25, -0.2) is 0 Å². The molecule has 0 amide bonds. The molecule has 3 fully saturated rings. The van der Waals surface area contributed by atoms with Gasteiger partial charge in [0.1, 0.15) is 0 Å². The first-order valence-electron chi connectivity index (χ1n) is 19.2. The Kier molecular flexibility index (Phi) is 9.30. The average Bonchev–Trinajstić information content (AvgIpc) is 3.88. The number of aromatic amines is 2. The molecular weight excluding hydrogens is 600 g/mol. The first-order valence-corrected chi connectivity index (χ1v) is 19.2. The first-order chi connectivity index (χ1) is 23.0. The summed E-state index contributed by atoms with van der Waals surface area (Å²) in [6.45, 7) is 10.5. The third-order valence-corrected chi connectivity index (χ3v) is 16.1. The predicted molar refractivity (Wildman–Crippen MR) is 187 cm³/mol. The number of allylic oxidation sites excluding steroid dienone is 2. The monoisotopic (exact) mass is 662 g/mol. The second kappa shape index (κ2) is 13.0. The molecule has 2 heterocycles. The average molecular weight is 663 g/mol. The fraction of sp³-hybridized carbons (Fsp3) is 0.800. The Morgan fingerprint density at radius 3 is 1.75 bits per heavy atom. The van der Waals surface area contributed by atoms with Gasteiger partial charge in [0.2, 0.25) is 0 Å². The number of hydrogen-bond donors (Lipinski definition) is 6. The zero-order chi connectivity index (χ0) is 33.9. The van der Waals surface area contributed by atoms with Crippen LogP contribution in [-0.2, 0) is 25.7 Å². The van der Waals surface area contributed by atoms with E-state index in [0.717, 1.165) is 38.5 Å². The Balaban J connectivity index is 0.000000152. The number of aliphatic hydroxyl groups is 4. The van der Waals surface area contributed by atoms with Gasteiger partial charge in [0.05, 0.1) is 12.4 Å². The van der Waals surface area contributed by atoms with Crippen LogP contribution in [0.4, 0.5) is 0 Å². The van der Waals surface area contributed by atoms with Crippen LogP contribution >= 0.6 is 0 Å². The van der Waals surface area contributed by atoms with Crippen molar-refractivity contribution in [3.63, 3.8) is 0 Å². The van der Waals surface area contributed by atoms with E-state index in [9.17, 15) is 20.4 Å². The van der Waals surface area contributed by atoms with E-state index in [1.165, 1.54) is 61.0 Å². The second-order valence-electron chi connectivity index (χ2n) is 18.2. The summed E-state index contributed by atoms with van der Waals surface area (Å²) in [5.41, 5.74) is 5.79. The molecule has 0 unspecified atom stereocenters. The minimum absolute atomic E-state index is 0.0307. The van der Waals surface area contributed by atoms with Gasteiger partial charge in [-0.05, 0) is 151 Å². The van der Waals surface area contributed by atoms with Crippen molar-refractivity contribution in [3.8, 4) is 0 Å². The molecule has 48 heavy (non-hydrogen) atoms. The van der Waals surface area contributed by atoms with E-state index in [2.05, 4.69) is 60.2 Å². The summed E-state index contributed by atoms with van der Waals surface area (Å²) in [4.78, 5) is 0. The van der Waals surface area contributed by atoms with E-state index >= 15 is 0 Å². The highest BCUT2D eigenvalue weighted by atomic mass is 16.3. The summed E-state index contributed by atoms with van der Waals surface area (Å²) in [5.74, 6) is 3.37. The highest BCUT2D eigenvalue weighted by molar-refractivity contribution is 5.26. The number of H-pyrrole nitrogens is 2. The molecule has 8 heteroatoms. The van der Waals surface area contributed by atoms with Gasteiger partial charge in [-0.1, -0.05) is 46.3 Å². The molecule has 6 aliphatic rings. The largest absolute Gasteiger partial charge is 0.396 e. The third-order valence-electron chi connectivity index (χ3n) is 16.1. The lowest BCUT2D eigenvalue weighted by Crippen LogP contribution is -2.52. The number of nitrogens with zero attached hydrogens (tertiary/aromatic N) is 2. The molecule has 0 aromatic carbocycles. The van der Waals surface area contributed by atoms with Crippen LogP contribution < -0.4 is 0 Å². The molecule has 6 N–H and O–H groups in total. The Bertz CT molecular complexity index is 1380. The highest BCUT2D eigenvalue weighted by Gasteiger charge is 2.56. The summed E-state index contributed by atoms with van der Waals surface area (Å²) in [6.07, 6.45) is 22.2. The third kappa shape index (κ3) is 5.47. The topological polar surface area (TPSA) is 138 Å². The minimum Gasteiger partial charge on any atom is -0.396 e. The molecule has 0 radical (unpaired) electrons. The van der Waals surface area contributed by atoms with Gasteiger partial charge in [-0.15, -0.1) is 0 Å². The van der Waals surface area contributed by atoms with Crippen LogP contribution in [0.3, 0.4) is 0 Å². The molecule has 0 spiro atoms. The van der Waals surface area contributed by atoms with Crippen molar-refractivity contribution in [3.05, 3.63) is 47.1 Å². The molecular formula is C40H62N4O4. The Morgan fingerprint density at radius 2 is 1.21 bits per heavy atom. The number of fused-ring (bicyclic) bond motifs is 4. The molecule has 3 saturated carbocycles. The number of rotatable bonds is 6. The predicted octanol–water partition coefficient (Wildman–Crippen LogP) is 5.67. The molecule has 0 saturated heterocycles. The fourth-order valence-corrected chi connectivity index (χ4v) is 13.0. The smallest absolute Gasteiger partial charge is 0.0522 e. The van der Waals surface area contributed by atoms with Gasteiger partial charge < -0.3 is 20.4 Å². The maximum Gasteiger partial charge on any atom is 0.0522 e. The Hall–Kier alpha value is -2.00. The lowest BCUT2D eigenvalue weighted by atomic mass is 9.50. The zero-order valence-corrected chi connectivity index (χ0v) is 29.9.